The molecule has 1 N–H and O–H groups in total. The van der Waals surface area contributed by atoms with E-state index < -0.39 is 10.7 Å². The maximum atomic E-state index is 11.1. The van der Waals surface area contributed by atoms with Crippen LogP contribution in [0.4, 0.5) is 0 Å². The second-order valence-electron chi connectivity index (χ2n) is 4.69. The normalized spacial score (nSPS) is 14.3. The summed E-state index contributed by atoms with van der Waals surface area (Å²) in [6.07, 6.45) is 0. The zero-order valence-electron chi connectivity index (χ0n) is 10.7. The van der Waals surface area contributed by atoms with Crippen molar-refractivity contribution in [2.75, 3.05) is 13.2 Å². The van der Waals surface area contributed by atoms with E-state index in [1.165, 1.54) is 11.8 Å². The number of carbonyl (C=O) groups is 1. The molecule has 1 heterocycles. The average Bonchev–Trinajstić information content (AvgIpc) is 2.36. The molecule has 0 unspecified atom stereocenters. The molecule has 0 saturated carbocycles. The van der Waals surface area contributed by atoms with E-state index in [2.05, 4.69) is 15.9 Å². The highest BCUT2D eigenvalue weighted by molar-refractivity contribution is 9.10. The molecule has 0 atom stereocenters. The summed E-state index contributed by atoms with van der Waals surface area (Å²) in [6.45, 7) is 4.50. The summed E-state index contributed by atoms with van der Waals surface area (Å²) < 4.78 is 11.1. The van der Waals surface area contributed by atoms with Gasteiger partial charge in [-0.05, 0) is 31.5 Å². The van der Waals surface area contributed by atoms with Crippen molar-refractivity contribution in [3.05, 3.63) is 22.2 Å². The number of hydrogen-bond donors (Lipinski definition) is 1. The summed E-state index contributed by atoms with van der Waals surface area (Å²) in [4.78, 5) is 11.1. The molecular formula is C13H15BrO4S. The van der Waals surface area contributed by atoms with Gasteiger partial charge >= 0.3 is 5.97 Å². The number of aliphatic carboxylic acids is 1. The van der Waals surface area contributed by atoms with Gasteiger partial charge in [-0.1, -0.05) is 15.9 Å². The number of carboxylic acid groups (broad SMARTS) is 1. The fourth-order valence-electron chi connectivity index (χ4n) is 1.54. The van der Waals surface area contributed by atoms with E-state index >= 15 is 0 Å². The molecule has 0 aromatic heterocycles. The van der Waals surface area contributed by atoms with Crippen molar-refractivity contribution in [1.82, 2.24) is 0 Å². The Morgan fingerprint density at radius 1 is 1.37 bits per heavy atom. The quantitative estimate of drug-likeness (QED) is 0.906. The van der Waals surface area contributed by atoms with Crippen LogP contribution in [0, 0.1) is 0 Å². The maximum Gasteiger partial charge on any atom is 0.319 e. The molecular weight excluding hydrogens is 332 g/mol. The van der Waals surface area contributed by atoms with Crippen LogP contribution < -0.4 is 9.47 Å². The van der Waals surface area contributed by atoms with Crippen LogP contribution >= 0.6 is 27.7 Å². The number of fused-ring (bicyclic) bond motifs is 1. The molecule has 104 valence electrons. The topological polar surface area (TPSA) is 55.8 Å². The van der Waals surface area contributed by atoms with E-state index in [4.69, 9.17) is 14.6 Å². The van der Waals surface area contributed by atoms with Gasteiger partial charge in [0.1, 0.15) is 18.0 Å². The van der Waals surface area contributed by atoms with Crippen molar-refractivity contribution in [2.24, 2.45) is 0 Å². The Balaban J connectivity index is 2.15. The molecule has 0 bridgehead atoms. The fraction of sp³-hybridized carbons (Fsp3) is 0.462. The predicted octanol–water partition coefficient (Wildman–Crippen LogP) is 3.32. The standard InChI is InChI=1S/C13H15BrO4S/c1-13(2,12(15)16)19-7-8-5-10-11(6-9(8)14)18-4-3-17-10/h5-6H,3-4,7H2,1-2H3,(H,15,16). The Morgan fingerprint density at radius 2 is 1.95 bits per heavy atom. The third-order valence-electron chi connectivity index (χ3n) is 2.81. The van der Waals surface area contributed by atoms with Crippen LogP contribution in [0.2, 0.25) is 0 Å². The molecule has 1 aliphatic rings. The number of ether oxygens (including phenoxy) is 2. The molecule has 6 heteroatoms. The lowest BCUT2D eigenvalue weighted by atomic mass is 10.2. The van der Waals surface area contributed by atoms with Gasteiger partial charge in [0.25, 0.3) is 0 Å². The third-order valence-corrected chi connectivity index (χ3v) is 4.90. The highest BCUT2D eigenvalue weighted by Gasteiger charge is 2.28. The van der Waals surface area contributed by atoms with Crippen LogP contribution in [-0.2, 0) is 10.5 Å². The van der Waals surface area contributed by atoms with Gasteiger partial charge in [-0.3, -0.25) is 4.79 Å². The number of benzene rings is 1. The second-order valence-corrected chi connectivity index (χ2v) is 7.14. The molecule has 0 aliphatic carbocycles. The molecule has 0 spiro atoms. The first-order valence-electron chi connectivity index (χ1n) is 5.85. The van der Waals surface area contributed by atoms with Crippen molar-refractivity contribution in [1.29, 1.82) is 0 Å². The van der Waals surface area contributed by atoms with Crippen molar-refractivity contribution in [3.63, 3.8) is 0 Å². The number of carboxylic acids is 1. The van der Waals surface area contributed by atoms with Gasteiger partial charge in [-0.15, -0.1) is 11.8 Å². The molecule has 1 aromatic carbocycles. The number of rotatable bonds is 4. The van der Waals surface area contributed by atoms with Gasteiger partial charge in [0.2, 0.25) is 0 Å². The highest BCUT2D eigenvalue weighted by Crippen LogP contribution is 2.38. The lowest BCUT2D eigenvalue weighted by Gasteiger charge is -2.22. The van der Waals surface area contributed by atoms with Crippen LogP contribution in [0.5, 0.6) is 11.5 Å². The second kappa shape index (κ2) is 5.63. The van der Waals surface area contributed by atoms with Gasteiger partial charge in [0, 0.05) is 10.2 Å². The molecule has 19 heavy (non-hydrogen) atoms. The van der Waals surface area contributed by atoms with Crippen molar-refractivity contribution < 1.29 is 19.4 Å². The number of halogens is 1. The minimum absolute atomic E-state index is 0.543. The Morgan fingerprint density at radius 3 is 2.53 bits per heavy atom. The lowest BCUT2D eigenvalue weighted by Crippen LogP contribution is -2.27. The molecule has 1 aliphatic heterocycles. The van der Waals surface area contributed by atoms with Crippen LogP contribution in [0.25, 0.3) is 0 Å². The SMILES string of the molecule is CC(C)(SCc1cc2c(cc1Br)OCCO2)C(=O)O. The number of hydrogen-bond acceptors (Lipinski definition) is 4. The molecule has 4 nitrogen and oxygen atoms in total. The molecule has 1 aromatic rings. The molecule has 0 saturated heterocycles. The van der Waals surface area contributed by atoms with E-state index in [0.29, 0.717) is 19.0 Å². The molecule has 0 radical (unpaired) electrons. The Bertz CT molecular complexity index is 502. The summed E-state index contributed by atoms with van der Waals surface area (Å²) in [7, 11) is 0. The maximum absolute atomic E-state index is 11.1. The molecule has 2 rings (SSSR count). The highest BCUT2D eigenvalue weighted by atomic mass is 79.9. The van der Waals surface area contributed by atoms with Crippen LogP contribution in [0.1, 0.15) is 19.4 Å². The zero-order chi connectivity index (χ0) is 14.0. The zero-order valence-corrected chi connectivity index (χ0v) is 13.1. The first-order valence-corrected chi connectivity index (χ1v) is 7.63. The van der Waals surface area contributed by atoms with E-state index in [1.54, 1.807) is 13.8 Å². The van der Waals surface area contributed by atoms with Crippen LogP contribution in [0.3, 0.4) is 0 Å². The minimum atomic E-state index is -0.814. The van der Waals surface area contributed by atoms with Gasteiger partial charge in [-0.2, -0.15) is 0 Å². The van der Waals surface area contributed by atoms with Crippen LogP contribution in [0.15, 0.2) is 16.6 Å². The van der Waals surface area contributed by atoms with Gasteiger partial charge in [0.05, 0.1) is 0 Å². The number of thioether (sulfide) groups is 1. The third kappa shape index (κ3) is 3.36. The van der Waals surface area contributed by atoms with Gasteiger partial charge in [0.15, 0.2) is 11.5 Å². The predicted molar refractivity (Wildman–Crippen MR) is 78.1 cm³/mol. The smallest absolute Gasteiger partial charge is 0.319 e. The molecule has 0 amide bonds. The summed E-state index contributed by atoms with van der Waals surface area (Å²) in [6, 6.07) is 3.78. The summed E-state index contributed by atoms with van der Waals surface area (Å²) in [5.74, 6) is 1.23. The Labute approximate surface area is 124 Å². The average molecular weight is 347 g/mol. The van der Waals surface area contributed by atoms with E-state index in [1.807, 2.05) is 12.1 Å². The first-order chi connectivity index (χ1) is 8.90. The van der Waals surface area contributed by atoms with Crippen molar-refractivity contribution in [2.45, 2.75) is 24.3 Å². The Kier molecular flexibility index (Phi) is 4.30. The van der Waals surface area contributed by atoms with E-state index in [0.717, 1.165) is 21.5 Å². The summed E-state index contributed by atoms with van der Waals surface area (Å²) in [5.41, 5.74) is 1.00. The molecule has 0 fully saturated rings. The summed E-state index contributed by atoms with van der Waals surface area (Å²) in [5, 5.41) is 9.10. The Hall–Kier alpha value is -0.880. The monoisotopic (exact) mass is 346 g/mol. The summed E-state index contributed by atoms with van der Waals surface area (Å²) >= 11 is 4.86. The van der Waals surface area contributed by atoms with E-state index in [9.17, 15) is 4.79 Å². The fourth-order valence-corrected chi connectivity index (χ4v) is 3.06. The van der Waals surface area contributed by atoms with Crippen LogP contribution in [-0.4, -0.2) is 29.0 Å². The van der Waals surface area contributed by atoms with Crippen molar-refractivity contribution in [3.8, 4) is 11.5 Å². The van der Waals surface area contributed by atoms with E-state index in [-0.39, 0.29) is 0 Å². The lowest BCUT2D eigenvalue weighted by molar-refractivity contribution is -0.138. The minimum Gasteiger partial charge on any atom is -0.486 e. The van der Waals surface area contributed by atoms with Gasteiger partial charge in [-0.25, -0.2) is 0 Å². The van der Waals surface area contributed by atoms with Gasteiger partial charge < -0.3 is 14.6 Å². The first kappa shape index (κ1) is 14.5. The largest absolute Gasteiger partial charge is 0.486 e. The van der Waals surface area contributed by atoms with Crippen molar-refractivity contribution >= 4 is 33.7 Å².